The van der Waals surface area contributed by atoms with E-state index in [0.717, 1.165) is 5.56 Å². The van der Waals surface area contributed by atoms with E-state index in [2.05, 4.69) is 10.0 Å². The molecule has 0 aliphatic rings. The fraction of sp³-hybridized carbons (Fsp3) is 0.208. The molecule has 162 valence electrons. The van der Waals surface area contributed by atoms with Gasteiger partial charge in [-0.15, -0.1) is 0 Å². The van der Waals surface area contributed by atoms with Crippen LogP contribution in [-0.4, -0.2) is 28.0 Å². The maximum atomic E-state index is 13.0. The van der Waals surface area contributed by atoms with Crippen LogP contribution in [0.3, 0.4) is 0 Å². The van der Waals surface area contributed by atoms with Crippen molar-refractivity contribution in [1.82, 2.24) is 5.32 Å². The molecule has 0 bridgehead atoms. The summed E-state index contributed by atoms with van der Waals surface area (Å²) in [4.78, 5) is 12.7. The summed E-state index contributed by atoms with van der Waals surface area (Å²) in [6.07, 6.45) is 0. The predicted octanol–water partition coefficient (Wildman–Crippen LogP) is 4.34. The number of hydrogen-bond donors (Lipinski definition) is 2. The maximum Gasteiger partial charge on any atom is 0.262 e. The van der Waals surface area contributed by atoms with Crippen molar-refractivity contribution in [3.63, 3.8) is 0 Å². The van der Waals surface area contributed by atoms with Gasteiger partial charge >= 0.3 is 0 Å². The van der Waals surface area contributed by atoms with Crippen LogP contribution in [0.5, 0.6) is 5.75 Å². The third-order valence-electron chi connectivity index (χ3n) is 5.03. The Morgan fingerprint density at radius 3 is 2.39 bits per heavy atom. The van der Waals surface area contributed by atoms with Crippen molar-refractivity contribution in [2.75, 3.05) is 18.4 Å². The highest BCUT2D eigenvalue weighted by Gasteiger charge is 2.21. The summed E-state index contributed by atoms with van der Waals surface area (Å²) in [6.45, 7) is 4.16. The molecule has 0 saturated carbocycles. The van der Waals surface area contributed by atoms with Gasteiger partial charge in [0.25, 0.3) is 15.9 Å². The summed E-state index contributed by atoms with van der Waals surface area (Å²) in [5.74, 6) is 0.218. The van der Waals surface area contributed by atoms with E-state index in [4.69, 9.17) is 4.74 Å². The van der Waals surface area contributed by atoms with Crippen molar-refractivity contribution in [2.24, 2.45) is 0 Å². The molecular formula is C24H26N2O4S. The molecule has 0 radical (unpaired) electrons. The normalized spacial score (nSPS) is 12.1. The molecule has 1 amide bonds. The second kappa shape index (κ2) is 9.66. The van der Waals surface area contributed by atoms with Crippen molar-refractivity contribution < 1.29 is 17.9 Å². The number of nitrogens with one attached hydrogen (secondary N) is 2. The van der Waals surface area contributed by atoms with Crippen LogP contribution in [0, 0.1) is 6.92 Å². The molecule has 3 aromatic rings. The van der Waals surface area contributed by atoms with Gasteiger partial charge in [0.05, 0.1) is 17.7 Å². The predicted molar refractivity (Wildman–Crippen MR) is 122 cm³/mol. The molecule has 7 heteroatoms. The maximum absolute atomic E-state index is 13.0. The fourth-order valence-electron chi connectivity index (χ4n) is 3.21. The Balaban J connectivity index is 1.78. The van der Waals surface area contributed by atoms with Gasteiger partial charge in [-0.1, -0.05) is 55.5 Å². The van der Waals surface area contributed by atoms with Crippen LogP contribution >= 0.6 is 0 Å². The average Bonchev–Trinajstić information content (AvgIpc) is 2.78. The Hall–Kier alpha value is -3.32. The summed E-state index contributed by atoms with van der Waals surface area (Å²) in [7, 11) is -2.44. The molecule has 0 aliphatic carbocycles. The van der Waals surface area contributed by atoms with Gasteiger partial charge in [-0.25, -0.2) is 8.42 Å². The number of benzene rings is 3. The first kappa shape index (κ1) is 22.4. The number of carbonyl (C=O) groups excluding carboxylic acids is 1. The molecular weight excluding hydrogens is 412 g/mol. The van der Waals surface area contributed by atoms with Crippen LogP contribution in [0.25, 0.3) is 0 Å². The highest BCUT2D eigenvalue weighted by atomic mass is 32.2. The van der Waals surface area contributed by atoms with Crippen LogP contribution in [0.2, 0.25) is 0 Å². The first-order valence-electron chi connectivity index (χ1n) is 9.91. The van der Waals surface area contributed by atoms with Crippen molar-refractivity contribution >= 4 is 21.6 Å². The zero-order chi connectivity index (χ0) is 22.4. The number of rotatable bonds is 8. The van der Waals surface area contributed by atoms with Gasteiger partial charge in [0.15, 0.2) is 0 Å². The molecule has 0 saturated heterocycles. The molecule has 1 atom stereocenters. The highest BCUT2D eigenvalue weighted by Crippen LogP contribution is 2.27. The van der Waals surface area contributed by atoms with Crippen LogP contribution < -0.4 is 14.8 Å². The highest BCUT2D eigenvalue weighted by molar-refractivity contribution is 7.92. The zero-order valence-electron chi connectivity index (χ0n) is 17.8. The molecule has 31 heavy (non-hydrogen) atoms. The Morgan fingerprint density at radius 2 is 1.68 bits per heavy atom. The Bertz CT molecular complexity index is 1160. The summed E-state index contributed by atoms with van der Waals surface area (Å²) < 4.78 is 33.8. The SMILES string of the molecule is COc1ccccc1NS(=O)(=O)c1cc(C(=O)NC[C@@H](C)c2ccccc2)ccc1C. The second-order valence-electron chi connectivity index (χ2n) is 7.31. The molecule has 0 aromatic heterocycles. The lowest BCUT2D eigenvalue weighted by Crippen LogP contribution is -2.28. The molecule has 2 N–H and O–H groups in total. The van der Waals surface area contributed by atoms with Gasteiger partial charge in [0.2, 0.25) is 0 Å². The van der Waals surface area contributed by atoms with E-state index in [-0.39, 0.29) is 22.3 Å². The van der Waals surface area contributed by atoms with Gasteiger partial charge in [0.1, 0.15) is 5.75 Å². The van der Waals surface area contributed by atoms with E-state index in [1.807, 2.05) is 37.3 Å². The summed E-state index contributed by atoms with van der Waals surface area (Å²) in [5.41, 5.74) is 2.27. The number of amides is 1. The van der Waals surface area contributed by atoms with Crippen LogP contribution in [-0.2, 0) is 10.0 Å². The minimum atomic E-state index is -3.92. The number of para-hydroxylation sites is 2. The molecule has 3 aromatic carbocycles. The van der Waals surface area contributed by atoms with Crippen molar-refractivity contribution in [3.8, 4) is 5.75 Å². The van der Waals surface area contributed by atoms with Gasteiger partial charge in [-0.05, 0) is 48.2 Å². The average molecular weight is 439 g/mol. The zero-order valence-corrected chi connectivity index (χ0v) is 18.6. The van der Waals surface area contributed by atoms with Gasteiger partial charge < -0.3 is 10.1 Å². The first-order valence-corrected chi connectivity index (χ1v) is 11.4. The van der Waals surface area contributed by atoms with Crippen molar-refractivity contribution in [1.29, 1.82) is 0 Å². The summed E-state index contributed by atoms with van der Waals surface area (Å²) in [5, 5.41) is 2.89. The molecule has 0 aliphatic heterocycles. The monoisotopic (exact) mass is 438 g/mol. The topological polar surface area (TPSA) is 84.5 Å². The number of hydrogen-bond acceptors (Lipinski definition) is 4. The quantitative estimate of drug-likeness (QED) is 0.548. The summed E-state index contributed by atoms with van der Waals surface area (Å²) in [6, 6.07) is 21.3. The molecule has 0 unspecified atom stereocenters. The molecule has 0 heterocycles. The Kier molecular flexibility index (Phi) is 6.97. The van der Waals surface area contributed by atoms with Gasteiger partial charge in [-0.3, -0.25) is 9.52 Å². The summed E-state index contributed by atoms with van der Waals surface area (Å²) >= 11 is 0. The second-order valence-corrected chi connectivity index (χ2v) is 8.96. The van der Waals surface area contributed by atoms with Crippen molar-refractivity contribution in [3.05, 3.63) is 89.5 Å². The van der Waals surface area contributed by atoms with Crippen molar-refractivity contribution in [2.45, 2.75) is 24.7 Å². The number of carbonyl (C=O) groups is 1. The largest absolute Gasteiger partial charge is 0.495 e. The Labute approximate surface area is 183 Å². The van der Waals surface area contributed by atoms with Crippen LogP contribution in [0.15, 0.2) is 77.7 Å². The molecule has 3 rings (SSSR count). The first-order chi connectivity index (χ1) is 14.8. The third-order valence-corrected chi connectivity index (χ3v) is 6.54. The number of anilines is 1. The van der Waals surface area contributed by atoms with E-state index < -0.39 is 10.0 Å². The van der Waals surface area contributed by atoms with Crippen LogP contribution in [0.4, 0.5) is 5.69 Å². The lowest BCUT2D eigenvalue weighted by Gasteiger charge is -2.15. The smallest absolute Gasteiger partial charge is 0.262 e. The van der Waals surface area contributed by atoms with E-state index in [1.165, 1.54) is 13.2 Å². The standard InChI is InChI=1S/C24H26N2O4S/c1-17-13-14-20(24(27)25-16-18(2)19-9-5-4-6-10-19)15-23(17)31(28,29)26-21-11-7-8-12-22(21)30-3/h4-15,18,26H,16H2,1-3H3,(H,25,27)/t18-/m1/s1. The minimum Gasteiger partial charge on any atom is -0.495 e. The van der Waals surface area contributed by atoms with E-state index in [0.29, 0.717) is 23.5 Å². The number of methoxy groups -OCH3 is 1. The number of ether oxygens (including phenoxy) is 1. The van der Waals surface area contributed by atoms with E-state index in [1.54, 1.807) is 43.3 Å². The van der Waals surface area contributed by atoms with Gasteiger partial charge in [-0.2, -0.15) is 0 Å². The molecule has 6 nitrogen and oxygen atoms in total. The van der Waals surface area contributed by atoms with Gasteiger partial charge in [0, 0.05) is 12.1 Å². The lowest BCUT2D eigenvalue weighted by atomic mass is 10.0. The molecule has 0 fully saturated rings. The number of aryl methyl sites for hydroxylation is 1. The molecule has 0 spiro atoms. The Morgan fingerprint density at radius 1 is 1.00 bits per heavy atom. The van der Waals surface area contributed by atoms with E-state index in [9.17, 15) is 13.2 Å². The van der Waals surface area contributed by atoms with Crippen LogP contribution in [0.1, 0.15) is 34.3 Å². The third kappa shape index (κ3) is 5.44. The fourth-order valence-corrected chi connectivity index (χ4v) is 4.55. The minimum absolute atomic E-state index is 0.0437. The lowest BCUT2D eigenvalue weighted by molar-refractivity contribution is 0.0951. The van der Waals surface area contributed by atoms with E-state index >= 15 is 0 Å². The number of sulfonamides is 1.